The summed E-state index contributed by atoms with van der Waals surface area (Å²) >= 11 is 0. The fraction of sp³-hybridized carbons (Fsp3) is 0.308. The van der Waals surface area contributed by atoms with Crippen LogP contribution in [0.25, 0.3) is 0 Å². The summed E-state index contributed by atoms with van der Waals surface area (Å²) in [6.45, 7) is -0.784. The van der Waals surface area contributed by atoms with Crippen LogP contribution >= 0.6 is 0 Å². The minimum Gasteiger partial charge on any atom is -0.494 e. The molecule has 0 saturated heterocycles. The second kappa shape index (κ2) is 7.83. The lowest BCUT2D eigenvalue weighted by Gasteiger charge is -2.07. The normalized spacial score (nSPS) is 9.67. The minimum absolute atomic E-state index is 0.00475. The molecule has 1 aromatic rings. The van der Waals surface area contributed by atoms with Crippen LogP contribution in [0.1, 0.15) is 10.4 Å². The number of ether oxygens (including phenoxy) is 2. The minimum atomic E-state index is -0.855. The van der Waals surface area contributed by atoms with E-state index in [0.29, 0.717) is 0 Å². The van der Waals surface area contributed by atoms with Gasteiger partial charge in [0, 0.05) is 7.05 Å². The lowest BCUT2D eigenvalue weighted by Crippen LogP contribution is -2.37. The van der Waals surface area contributed by atoms with Gasteiger partial charge in [0.05, 0.1) is 19.2 Å². The highest BCUT2D eigenvalue weighted by molar-refractivity contribution is 5.92. The molecule has 0 aliphatic heterocycles. The first-order valence-electron chi connectivity index (χ1n) is 5.96. The fourth-order valence-electron chi connectivity index (χ4n) is 1.33. The smallest absolute Gasteiger partial charge is 0.338 e. The van der Waals surface area contributed by atoms with Crippen LogP contribution in [-0.2, 0) is 14.3 Å². The SMILES string of the molecule is CNC(=O)CNC(=O)COC(=O)c1ccc(OC)c(F)c1. The maximum absolute atomic E-state index is 13.4. The van der Waals surface area contributed by atoms with Crippen molar-refractivity contribution in [2.75, 3.05) is 27.3 Å². The van der Waals surface area contributed by atoms with Gasteiger partial charge in [0.15, 0.2) is 18.2 Å². The Hall–Kier alpha value is -2.64. The van der Waals surface area contributed by atoms with E-state index < -0.39 is 24.3 Å². The number of benzene rings is 1. The number of carbonyl (C=O) groups excluding carboxylic acids is 3. The van der Waals surface area contributed by atoms with Crippen LogP contribution < -0.4 is 15.4 Å². The van der Waals surface area contributed by atoms with Crippen molar-refractivity contribution in [3.05, 3.63) is 29.6 Å². The lowest BCUT2D eigenvalue weighted by atomic mass is 10.2. The molecule has 114 valence electrons. The standard InChI is InChI=1S/C13H15FN2O5/c1-15-11(17)6-16-12(18)7-21-13(19)8-3-4-10(20-2)9(14)5-8/h3-5H,6-7H2,1-2H3,(H,15,17)(H,16,18). The molecule has 0 fully saturated rings. The molecule has 0 saturated carbocycles. The quantitative estimate of drug-likeness (QED) is 0.713. The van der Waals surface area contributed by atoms with Crippen molar-refractivity contribution in [3.63, 3.8) is 0 Å². The van der Waals surface area contributed by atoms with E-state index >= 15 is 0 Å². The molecule has 8 heteroatoms. The molecule has 21 heavy (non-hydrogen) atoms. The molecule has 1 rings (SSSR count). The van der Waals surface area contributed by atoms with Crippen molar-refractivity contribution in [2.45, 2.75) is 0 Å². The molecule has 0 unspecified atom stereocenters. The Bertz CT molecular complexity index is 547. The van der Waals surface area contributed by atoms with Crippen molar-refractivity contribution in [2.24, 2.45) is 0 Å². The number of carbonyl (C=O) groups is 3. The third kappa shape index (κ3) is 5.09. The van der Waals surface area contributed by atoms with Crippen molar-refractivity contribution in [1.82, 2.24) is 10.6 Å². The maximum Gasteiger partial charge on any atom is 0.338 e. The van der Waals surface area contributed by atoms with Crippen LogP contribution in [-0.4, -0.2) is 45.1 Å². The highest BCUT2D eigenvalue weighted by Crippen LogP contribution is 2.18. The van der Waals surface area contributed by atoms with Gasteiger partial charge in [-0.1, -0.05) is 0 Å². The van der Waals surface area contributed by atoms with Crippen molar-refractivity contribution >= 4 is 17.8 Å². The summed E-state index contributed by atoms with van der Waals surface area (Å²) < 4.78 is 22.8. The van der Waals surface area contributed by atoms with Gasteiger partial charge in [-0.25, -0.2) is 9.18 Å². The molecule has 0 heterocycles. The van der Waals surface area contributed by atoms with E-state index in [4.69, 9.17) is 9.47 Å². The zero-order valence-corrected chi connectivity index (χ0v) is 11.6. The van der Waals surface area contributed by atoms with Crippen molar-refractivity contribution in [1.29, 1.82) is 0 Å². The molecule has 2 amide bonds. The molecule has 0 aliphatic rings. The number of hydrogen-bond acceptors (Lipinski definition) is 5. The van der Waals surface area contributed by atoms with Gasteiger partial charge in [-0.3, -0.25) is 9.59 Å². The molecule has 0 aromatic heterocycles. The summed E-state index contributed by atoms with van der Waals surface area (Å²) in [4.78, 5) is 33.8. The van der Waals surface area contributed by atoms with Gasteiger partial charge >= 0.3 is 5.97 Å². The van der Waals surface area contributed by atoms with Crippen LogP contribution in [0.3, 0.4) is 0 Å². The Kier molecular flexibility index (Phi) is 6.12. The first-order chi connectivity index (χ1) is 9.97. The Morgan fingerprint density at radius 2 is 1.95 bits per heavy atom. The lowest BCUT2D eigenvalue weighted by molar-refractivity contribution is -0.127. The number of amides is 2. The molecular weight excluding hydrogens is 283 g/mol. The van der Waals surface area contributed by atoms with Crippen LogP contribution in [0.5, 0.6) is 5.75 Å². The third-order valence-electron chi connectivity index (χ3n) is 2.45. The van der Waals surface area contributed by atoms with Crippen LogP contribution in [0.15, 0.2) is 18.2 Å². The highest BCUT2D eigenvalue weighted by atomic mass is 19.1. The zero-order chi connectivity index (χ0) is 15.8. The molecule has 0 atom stereocenters. The number of rotatable bonds is 6. The van der Waals surface area contributed by atoms with Crippen LogP contribution in [0, 0.1) is 5.82 Å². The van der Waals surface area contributed by atoms with Gasteiger partial charge in [0.2, 0.25) is 5.91 Å². The Morgan fingerprint density at radius 1 is 1.24 bits per heavy atom. The topological polar surface area (TPSA) is 93.7 Å². The van der Waals surface area contributed by atoms with Gasteiger partial charge in [0.25, 0.3) is 5.91 Å². The number of esters is 1. The zero-order valence-electron chi connectivity index (χ0n) is 11.6. The van der Waals surface area contributed by atoms with E-state index in [0.717, 1.165) is 6.07 Å². The van der Waals surface area contributed by atoms with E-state index in [1.165, 1.54) is 26.3 Å². The van der Waals surface area contributed by atoms with Crippen LogP contribution in [0.2, 0.25) is 0 Å². The molecular formula is C13H15FN2O5. The van der Waals surface area contributed by atoms with E-state index in [-0.39, 0.29) is 23.8 Å². The number of hydrogen-bond donors (Lipinski definition) is 2. The predicted molar refractivity (Wildman–Crippen MR) is 70.3 cm³/mol. The van der Waals surface area contributed by atoms with Gasteiger partial charge in [0.1, 0.15) is 0 Å². The summed E-state index contributed by atoms with van der Waals surface area (Å²) in [7, 11) is 2.72. The highest BCUT2D eigenvalue weighted by Gasteiger charge is 2.13. The molecule has 0 spiro atoms. The Balaban J connectivity index is 2.48. The van der Waals surface area contributed by atoms with E-state index in [1.54, 1.807) is 0 Å². The van der Waals surface area contributed by atoms with Gasteiger partial charge in [-0.05, 0) is 18.2 Å². The second-order valence-corrected chi connectivity index (χ2v) is 3.88. The number of nitrogens with one attached hydrogen (secondary N) is 2. The molecule has 1 aromatic carbocycles. The summed E-state index contributed by atoms with van der Waals surface area (Å²) in [5, 5.41) is 4.56. The van der Waals surface area contributed by atoms with Crippen molar-refractivity contribution in [3.8, 4) is 5.75 Å². The summed E-state index contributed by atoms with van der Waals surface area (Å²) in [6.07, 6.45) is 0. The van der Waals surface area contributed by atoms with Gasteiger partial charge in [-0.2, -0.15) is 0 Å². The predicted octanol–water partition coefficient (Wildman–Crippen LogP) is -0.147. The number of halogens is 1. The Morgan fingerprint density at radius 3 is 2.52 bits per heavy atom. The molecule has 7 nitrogen and oxygen atoms in total. The summed E-state index contributed by atoms with van der Waals surface area (Å²) in [5.41, 5.74) is -0.0487. The third-order valence-corrected chi connectivity index (χ3v) is 2.45. The Labute approximate surface area is 120 Å². The molecule has 2 N–H and O–H groups in total. The molecule has 0 bridgehead atoms. The fourth-order valence-corrected chi connectivity index (χ4v) is 1.33. The van der Waals surface area contributed by atoms with E-state index in [9.17, 15) is 18.8 Å². The first-order valence-corrected chi connectivity index (χ1v) is 5.96. The van der Waals surface area contributed by atoms with Gasteiger partial charge in [-0.15, -0.1) is 0 Å². The maximum atomic E-state index is 13.4. The van der Waals surface area contributed by atoms with Gasteiger partial charge < -0.3 is 20.1 Å². The molecule has 0 radical (unpaired) electrons. The number of methoxy groups -OCH3 is 1. The monoisotopic (exact) mass is 298 g/mol. The summed E-state index contributed by atoms with van der Waals surface area (Å²) in [6, 6.07) is 3.54. The molecule has 0 aliphatic carbocycles. The van der Waals surface area contributed by atoms with E-state index in [2.05, 4.69) is 10.6 Å². The average Bonchev–Trinajstić information content (AvgIpc) is 2.49. The first kappa shape index (κ1) is 16.4. The van der Waals surface area contributed by atoms with Crippen molar-refractivity contribution < 1.29 is 28.2 Å². The second-order valence-electron chi connectivity index (χ2n) is 3.88. The van der Waals surface area contributed by atoms with Crippen LogP contribution in [0.4, 0.5) is 4.39 Å². The summed E-state index contributed by atoms with van der Waals surface area (Å²) in [5.74, 6) is -2.59. The number of likely N-dealkylation sites (N-methyl/N-ethyl adjacent to an activating group) is 1. The largest absolute Gasteiger partial charge is 0.494 e. The van der Waals surface area contributed by atoms with E-state index in [1.807, 2.05) is 0 Å². The average molecular weight is 298 g/mol.